The lowest BCUT2D eigenvalue weighted by atomic mass is 10.1. The molecule has 2 rings (SSSR count). The molecule has 0 N–H and O–H groups in total. The molecule has 98 valence electrons. The van der Waals surface area contributed by atoms with Crippen LogP contribution in [0.5, 0.6) is 0 Å². The third-order valence-electron chi connectivity index (χ3n) is 3.29. The number of hydrogen-bond acceptors (Lipinski definition) is 2. The SMILES string of the molecule is Cc1ccc(SCC(=O)c2ccccc2C)cc1C. The van der Waals surface area contributed by atoms with Crippen molar-refractivity contribution in [3.05, 3.63) is 64.7 Å². The Kier molecular flexibility index (Phi) is 4.43. The van der Waals surface area contributed by atoms with Crippen LogP contribution >= 0.6 is 11.8 Å². The average molecular weight is 270 g/mol. The molecule has 0 atom stereocenters. The van der Waals surface area contributed by atoms with E-state index in [9.17, 15) is 4.79 Å². The van der Waals surface area contributed by atoms with Gasteiger partial charge in [0.15, 0.2) is 5.78 Å². The van der Waals surface area contributed by atoms with Gasteiger partial charge < -0.3 is 0 Å². The smallest absolute Gasteiger partial charge is 0.173 e. The summed E-state index contributed by atoms with van der Waals surface area (Å²) in [4.78, 5) is 13.3. The van der Waals surface area contributed by atoms with Crippen molar-refractivity contribution in [2.75, 3.05) is 5.75 Å². The van der Waals surface area contributed by atoms with Crippen LogP contribution in [0.25, 0.3) is 0 Å². The topological polar surface area (TPSA) is 17.1 Å². The monoisotopic (exact) mass is 270 g/mol. The van der Waals surface area contributed by atoms with Crippen LogP contribution in [0.2, 0.25) is 0 Å². The molecule has 0 amide bonds. The molecule has 0 aliphatic heterocycles. The van der Waals surface area contributed by atoms with E-state index in [1.165, 1.54) is 11.1 Å². The van der Waals surface area contributed by atoms with Crippen molar-refractivity contribution >= 4 is 17.5 Å². The largest absolute Gasteiger partial charge is 0.293 e. The number of benzene rings is 2. The first-order chi connectivity index (χ1) is 9.08. The van der Waals surface area contributed by atoms with Crippen LogP contribution in [-0.2, 0) is 0 Å². The summed E-state index contributed by atoms with van der Waals surface area (Å²) in [5.41, 5.74) is 4.44. The summed E-state index contributed by atoms with van der Waals surface area (Å²) >= 11 is 1.61. The lowest BCUT2D eigenvalue weighted by Crippen LogP contribution is -2.04. The number of hydrogen-bond donors (Lipinski definition) is 0. The Labute approximate surface area is 119 Å². The van der Waals surface area contributed by atoms with Crippen LogP contribution < -0.4 is 0 Å². The van der Waals surface area contributed by atoms with Crippen LogP contribution in [0, 0.1) is 20.8 Å². The van der Waals surface area contributed by atoms with E-state index in [1.807, 2.05) is 31.2 Å². The lowest BCUT2D eigenvalue weighted by Gasteiger charge is -2.06. The van der Waals surface area contributed by atoms with Gasteiger partial charge in [0.1, 0.15) is 0 Å². The quantitative estimate of drug-likeness (QED) is 0.597. The van der Waals surface area contributed by atoms with Crippen LogP contribution in [0.3, 0.4) is 0 Å². The predicted molar refractivity (Wildman–Crippen MR) is 82.1 cm³/mol. The number of ketones is 1. The van der Waals surface area contributed by atoms with E-state index >= 15 is 0 Å². The summed E-state index contributed by atoms with van der Waals surface area (Å²) in [5, 5.41) is 0. The van der Waals surface area contributed by atoms with E-state index in [0.717, 1.165) is 16.0 Å². The predicted octanol–water partition coefficient (Wildman–Crippen LogP) is 4.59. The van der Waals surface area contributed by atoms with E-state index in [0.29, 0.717) is 5.75 Å². The van der Waals surface area contributed by atoms with E-state index in [2.05, 4.69) is 32.0 Å². The molecule has 0 saturated carbocycles. The number of thioether (sulfide) groups is 1. The fourth-order valence-corrected chi connectivity index (χ4v) is 2.79. The number of rotatable bonds is 4. The van der Waals surface area contributed by atoms with Crippen molar-refractivity contribution in [1.82, 2.24) is 0 Å². The zero-order valence-electron chi connectivity index (χ0n) is 11.6. The highest BCUT2D eigenvalue weighted by molar-refractivity contribution is 8.00. The molecular formula is C17H18OS. The molecule has 0 unspecified atom stereocenters. The number of carbonyl (C=O) groups excluding carboxylic acids is 1. The molecule has 19 heavy (non-hydrogen) atoms. The summed E-state index contributed by atoms with van der Waals surface area (Å²) in [6, 6.07) is 14.1. The van der Waals surface area contributed by atoms with Gasteiger partial charge in [0.25, 0.3) is 0 Å². The number of Topliss-reactive ketones (excluding diaryl/α,β-unsaturated/α-hetero) is 1. The van der Waals surface area contributed by atoms with E-state index in [-0.39, 0.29) is 5.78 Å². The maximum absolute atomic E-state index is 12.2. The minimum absolute atomic E-state index is 0.196. The molecule has 0 spiro atoms. The highest BCUT2D eigenvalue weighted by Gasteiger charge is 2.09. The maximum atomic E-state index is 12.2. The maximum Gasteiger partial charge on any atom is 0.173 e. The fourth-order valence-electron chi connectivity index (χ4n) is 1.92. The zero-order valence-corrected chi connectivity index (χ0v) is 12.4. The van der Waals surface area contributed by atoms with Crippen molar-refractivity contribution in [2.24, 2.45) is 0 Å². The molecule has 0 bridgehead atoms. The van der Waals surface area contributed by atoms with Gasteiger partial charge in [-0.05, 0) is 49.6 Å². The van der Waals surface area contributed by atoms with Crippen molar-refractivity contribution in [3.63, 3.8) is 0 Å². The van der Waals surface area contributed by atoms with Gasteiger partial charge in [-0.15, -0.1) is 11.8 Å². The second-order valence-corrected chi connectivity index (χ2v) is 5.82. The van der Waals surface area contributed by atoms with Crippen LogP contribution in [0.15, 0.2) is 47.4 Å². The van der Waals surface area contributed by atoms with Gasteiger partial charge in [0.2, 0.25) is 0 Å². The molecule has 2 aromatic carbocycles. The highest BCUT2D eigenvalue weighted by atomic mass is 32.2. The van der Waals surface area contributed by atoms with Crippen LogP contribution in [-0.4, -0.2) is 11.5 Å². The molecule has 0 aliphatic rings. The van der Waals surface area contributed by atoms with E-state index in [1.54, 1.807) is 11.8 Å². The van der Waals surface area contributed by atoms with E-state index < -0.39 is 0 Å². The molecule has 0 aliphatic carbocycles. The Balaban J connectivity index is 2.04. The summed E-state index contributed by atoms with van der Waals surface area (Å²) < 4.78 is 0. The summed E-state index contributed by atoms with van der Waals surface area (Å²) in [5.74, 6) is 0.689. The zero-order chi connectivity index (χ0) is 13.8. The molecule has 0 saturated heterocycles. The minimum atomic E-state index is 0.196. The first-order valence-corrected chi connectivity index (χ1v) is 7.35. The first-order valence-electron chi connectivity index (χ1n) is 6.37. The van der Waals surface area contributed by atoms with Crippen LogP contribution in [0.1, 0.15) is 27.0 Å². The fraction of sp³-hybridized carbons (Fsp3) is 0.235. The molecule has 2 aromatic rings. The first kappa shape index (κ1) is 13.9. The number of carbonyl (C=O) groups is 1. The lowest BCUT2D eigenvalue weighted by molar-refractivity contribution is 0.102. The highest BCUT2D eigenvalue weighted by Crippen LogP contribution is 2.22. The minimum Gasteiger partial charge on any atom is -0.293 e. The van der Waals surface area contributed by atoms with Crippen LogP contribution in [0.4, 0.5) is 0 Å². The molecule has 0 aromatic heterocycles. The Morgan fingerprint density at radius 2 is 1.68 bits per heavy atom. The Morgan fingerprint density at radius 3 is 2.37 bits per heavy atom. The molecule has 0 radical (unpaired) electrons. The van der Waals surface area contributed by atoms with Crippen molar-refractivity contribution in [2.45, 2.75) is 25.7 Å². The summed E-state index contributed by atoms with van der Waals surface area (Å²) in [7, 11) is 0. The van der Waals surface area contributed by atoms with Crippen molar-refractivity contribution in [1.29, 1.82) is 0 Å². The Morgan fingerprint density at radius 1 is 0.947 bits per heavy atom. The molecule has 0 heterocycles. The molecule has 2 heteroatoms. The third-order valence-corrected chi connectivity index (χ3v) is 4.29. The second kappa shape index (κ2) is 6.07. The van der Waals surface area contributed by atoms with Gasteiger partial charge in [-0.3, -0.25) is 4.79 Å². The van der Waals surface area contributed by atoms with Gasteiger partial charge in [-0.25, -0.2) is 0 Å². The normalized spacial score (nSPS) is 10.5. The standard InChI is InChI=1S/C17H18OS/c1-12-8-9-15(10-14(12)3)19-11-17(18)16-7-5-4-6-13(16)2/h4-10H,11H2,1-3H3. The van der Waals surface area contributed by atoms with Crippen molar-refractivity contribution in [3.8, 4) is 0 Å². The molecule has 1 nitrogen and oxygen atoms in total. The summed E-state index contributed by atoms with van der Waals surface area (Å²) in [6.45, 7) is 6.18. The molecule has 0 fully saturated rings. The molecular weight excluding hydrogens is 252 g/mol. The second-order valence-electron chi connectivity index (χ2n) is 4.77. The average Bonchev–Trinajstić information content (AvgIpc) is 2.40. The van der Waals surface area contributed by atoms with E-state index in [4.69, 9.17) is 0 Å². The van der Waals surface area contributed by atoms with Gasteiger partial charge in [-0.2, -0.15) is 0 Å². The Bertz CT molecular complexity index is 602. The van der Waals surface area contributed by atoms with Gasteiger partial charge in [-0.1, -0.05) is 30.3 Å². The summed E-state index contributed by atoms with van der Waals surface area (Å²) in [6.07, 6.45) is 0. The van der Waals surface area contributed by atoms with Gasteiger partial charge in [0.05, 0.1) is 5.75 Å². The van der Waals surface area contributed by atoms with Gasteiger partial charge in [0, 0.05) is 10.5 Å². The number of aryl methyl sites for hydroxylation is 3. The van der Waals surface area contributed by atoms with Gasteiger partial charge >= 0.3 is 0 Å². The van der Waals surface area contributed by atoms with Crippen molar-refractivity contribution < 1.29 is 4.79 Å². The Hall–Kier alpha value is -1.54. The third kappa shape index (κ3) is 3.48.